The van der Waals surface area contributed by atoms with Gasteiger partial charge in [0.05, 0.1) is 17.0 Å². The molecule has 1 aliphatic heterocycles. The van der Waals surface area contributed by atoms with Crippen molar-refractivity contribution >= 4 is 11.5 Å². The summed E-state index contributed by atoms with van der Waals surface area (Å²) in [7, 11) is 0. The Hall–Kier alpha value is -2.43. The lowest BCUT2D eigenvalue weighted by atomic mass is 10.1. The molecule has 1 heterocycles. The number of Topliss-reactive ketones (excluding diaryl/α,β-unsaturated/α-hetero) is 1. The first kappa shape index (κ1) is 13.0. The maximum absolute atomic E-state index is 12.2. The van der Waals surface area contributed by atoms with Crippen LogP contribution in [0.15, 0.2) is 48.7 Å². The van der Waals surface area contributed by atoms with E-state index in [1.54, 1.807) is 12.1 Å². The van der Waals surface area contributed by atoms with E-state index in [0.717, 1.165) is 0 Å². The number of nitro groups is 1. The first-order valence-corrected chi connectivity index (χ1v) is 5.97. The molecule has 0 aliphatic carbocycles. The zero-order valence-electron chi connectivity index (χ0n) is 10.5. The summed E-state index contributed by atoms with van der Waals surface area (Å²) in [5.41, 5.74) is 0.0133. The van der Waals surface area contributed by atoms with Crippen LogP contribution in [-0.2, 0) is 0 Å². The molecule has 0 spiro atoms. The maximum Gasteiger partial charge on any atom is 0.280 e. The minimum Gasteiger partial charge on any atom is -0.364 e. The van der Waals surface area contributed by atoms with E-state index in [1.807, 2.05) is 36.3 Å². The molecule has 0 saturated heterocycles. The number of nitro benzene ring substituents is 1. The largest absolute Gasteiger partial charge is 0.364 e. The SMILES string of the molecule is CC1C=CC=CN1CC(=O)c1ccccc1[N+](=O)[O-]. The van der Waals surface area contributed by atoms with Gasteiger partial charge in [0.1, 0.15) is 0 Å². The van der Waals surface area contributed by atoms with Crippen LogP contribution in [-0.4, -0.2) is 28.2 Å². The van der Waals surface area contributed by atoms with Gasteiger partial charge in [0.2, 0.25) is 0 Å². The van der Waals surface area contributed by atoms with Gasteiger partial charge in [0, 0.05) is 18.3 Å². The molecule has 19 heavy (non-hydrogen) atoms. The number of rotatable bonds is 4. The van der Waals surface area contributed by atoms with Crippen LogP contribution in [0.4, 0.5) is 5.69 Å². The second-order valence-corrected chi connectivity index (χ2v) is 4.34. The van der Waals surface area contributed by atoms with Crippen LogP contribution >= 0.6 is 0 Å². The summed E-state index contributed by atoms with van der Waals surface area (Å²) in [6.45, 7) is 2.10. The number of hydrogen-bond acceptors (Lipinski definition) is 4. The van der Waals surface area contributed by atoms with E-state index in [-0.39, 0.29) is 29.6 Å². The van der Waals surface area contributed by atoms with Gasteiger partial charge in [-0.3, -0.25) is 14.9 Å². The van der Waals surface area contributed by atoms with E-state index in [1.165, 1.54) is 12.1 Å². The average molecular weight is 258 g/mol. The fraction of sp³-hybridized carbons (Fsp3) is 0.214. The first-order valence-electron chi connectivity index (χ1n) is 5.97. The van der Waals surface area contributed by atoms with Gasteiger partial charge in [-0.1, -0.05) is 24.3 Å². The highest BCUT2D eigenvalue weighted by molar-refractivity contribution is 6.01. The monoisotopic (exact) mass is 258 g/mol. The Kier molecular flexibility index (Phi) is 3.75. The first-order chi connectivity index (χ1) is 9.09. The average Bonchev–Trinajstić information content (AvgIpc) is 2.41. The van der Waals surface area contributed by atoms with Gasteiger partial charge < -0.3 is 4.90 Å². The molecule has 1 aliphatic rings. The van der Waals surface area contributed by atoms with Crippen molar-refractivity contribution in [3.05, 3.63) is 64.4 Å². The molecule has 0 fully saturated rings. The molecule has 0 N–H and O–H groups in total. The molecule has 1 atom stereocenters. The lowest BCUT2D eigenvalue weighted by molar-refractivity contribution is -0.385. The predicted molar refractivity (Wildman–Crippen MR) is 71.9 cm³/mol. The van der Waals surface area contributed by atoms with Gasteiger partial charge >= 0.3 is 0 Å². The van der Waals surface area contributed by atoms with Crippen LogP contribution in [0.25, 0.3) is 0 Å². The van der Waals surface area contributed by atoms with Crippen molar-refractivity contribution in [3.63, 3.8) is 0 Å². The van der Waals surface area contributed by atoms with E-state index in [4.69, 9.17) is 0 Å². The van der Waals surface area contributed by atoms with Crippen LogP contribution in [0.3, 0.4) is 0 Å². The van der Waals surface area contributed by atoms with E-state index >= 15 is 0 Å². The van der Waals surface area contributed by atoms with Crippen LogP contribution in [0.1, 0.15) is 17.3 Å². The summed E-state index contributed by atoms with van der Waals surface area (Å²) in [6, 6.07) is 6.14. The van der Waals surface area contributed by atoms with E-state index in [2.05, 4.69) is 0 Å². The second kappa shape index (κ2) is 5.48. The second-order valence-electron chi connectivity index (χ2n) is 4.34. The van der Waals surface area contributed by atoms with Gasteiger partial charge in [0.25, 0.3) is 5.69 Å². The Morgan fingerprint density at radius 2 is 2.11 bits per heavy atom. The van der Waals surface area contributed by atoms with Gasteiger partial charge in [-0.2, -0.15) is 0 Å². The Bertz CT molecular complexity index is 564. The van der Waals surface area contributed by atoms with E-state index in [0.29, 0.717) is 0 Å². The van der Waals surface area contributed by atoms with Crippen molar-refractivity contribution < 1.29 is 9.72 Å². The topological polar surface area (TPSA) is 63.5 Å². The van der Waals surface area contributed by atoms with Gasteiger partial charge in [0.15, 0.2) is 5.78 Å². The minimum absolute atomic E-state index is 0.108. The Labute approximate surface area is 111 Å². The maximum atomic E-state index is 12.2. The fourth-order valence-corrected chi connectivity index (χ4v) is 1.95. The van der Waals surface area contributed by atoms with E-state index < -0.39 is 4.92 Å². The molecule has 1 aromatic rings. The molecular weight excluding hydrogens is 244 g/mol. The van der Waals surface area contributed by atoms with Crippen LogP contribution in [0, 0.1) is 10.1 Å². The zero-order valence-corrected chi connectivity index (χ0v) is 10.5. The lowest BCUT2D eigenvalue weighted by Gasteiger charge is -2.26. The smallest absolute Gasteiger partial charge is 0.280 e. The third kappa shape index (κ3) is 2.88. The van der Waals surface area contributed by atoms with Crippen molar-refractivity contribution in [3.8, 4) is 0 Å². The molecule has 0 bridgehead atoms. The summed E-state index contributed by atoms with van der Waals surface area (Å²) in [4.78, 5) is 24.4. The minimum atomic E-state index is -0.525. The molecule has 0 radical (unpaired) electrons. The van der Waals surface area contributed by atoms with Crippen LogP contribution in [0.5, 0.6) is 0 Å². The summed E-state index contributed by atoms with van der Waals surface area (Å²) in [5.74, 6) is -0.251. The third-order valence-corrected chi connectivity index (χ3v) is 3.03. The third-order valence-electron chi connectivity index (χ3n) is 3.03. The van der Waals surface area contributed by atoms with Crippen molar-refractivity contribution in [2.75, 3.05) is 6.54 Å². The standard InChI is InChI=1S/C14H14N2O3/c1-11-6-4-5-9-15(11)10-14(17)12-7-2-3-8-13(12)16(18)19/h2-9,11H,10H2,1H3. The quantitative estimate of drug-likeness (QED) is 0.473. The van der Waals surface area contributed by atoms with Crippen molar-refractivity contribution in [1.82, 2.24) is 4.90 Å². The van der Waals surface area contributed by atoms with Gasteiger partial charge in [-0.15, -0.1) is 0 Å². The molecule has 1 aromatic carbocycles. The number of allylic oxidation sites excluding steroid dienone is 2. The highest BCUT2D eigenvalue weighted by Crippen LogP contribution is 2.19. The Morgan fingerprint density at radius 3 is 2.79 bits per heavy atom. The van der Waals surface area contributed by atoms with E-state index in [9.17, 15) is 14.9 Å². The van der Waals surface area contributed by atoms with Crippen LogP contribution in [0.2, 0.25) is 0 Å². The number of hydrogen-bond donors (Lipinski definition) is 0. The Balaban J connectivity index is 2.19. The van der Waals surface area contributed by atoms with Gasteiger partial charge in [-0.25, -0.2) is 0 Å². The predicted octanol–water partition coefficient (Wildman–Crippen LogP) is 2.55. The fourth-order valence-electron chi connectivity index (χ4n) is 1.95. The summed E-state index contributed by atoms with van der Waals surface area (Å²) in [6.07, 6.45) is 7.54. The summed E-state index contributed by atoms with van der Waals surface area (Å²) >= 11 is 0. The molecule has 0 amide bonds. The zero-order chi connectivity index (χ0) is 13.8. The highest BCUT2D eigenvalue weighted by atomic mass is 16.6. The molecule has 98 valence electrons. The highest BCUT2D eigenvalue weighted by Gasteiger charge is 2.21. The normalized spacial score (nSPS) is 17.5. The molecule has 0 aromatic heterocycles. The number of nitrogens with zero attached hydrogens (tertiary/aromatic N) is 2. The summed E-state index contributed by atoms with van der Waals surface area (Å²) in [5, 5.41) is 10.9. The van der Waals surface area contributed by atoms with Crippen LogP contribution < -0.4 is 0 Å². The molecule has 0 saturated carbocycles. The summed E-state index contributed by atoms with van der Waals surface area (Å²) < 4.78 is 0. The van der Waals surface area contributed by atoms with Crippen molar-refractivity contribution in [2.45, 2.75) is 13.0 Å². The molecule has 2 rings (SSSR count). The molecule has 1 unspecified atom stereocenters. The molecule has 5 nitrogen and oxygen atoms in total. The Morgan fingerprint density at radius 1 is 1.37 bits per heavy atom. The number of carbonyl (C=O) groups excluding carboxylic acids is 1. The van der Waals surface area contributed by atoms with Gasteiger partial charge in [-0.05, 0) is 19.1 Å². The lowest BCUT2D eigenvalue weighted by Crippen LogP contribution is -2.33. The van der Waals surface area contributed by atoms with Crippen molar-refractivity contribution in [2.24, 2.45) is 0 Å². The number of benzene rings is 1. The van der Waals surface area contributed by atoms with Crippen molar-refractivity contribution in [1.29, 1.82) is 0 Å². The molecular formula is C14H14N2O3. The number of ketones is 1. The molecule has 5 heteroatoms. The number of para-hydroxylation sites is 1. The number of carbonyl (C=O) groups is 1.